The maximum absolute atomic E-state index is 5.77. The molecule has 1 aliphatic rings. The molecule has 1 atom stereocenters. The van der Waals surface area contributed by atoms with Crippen LogP contribution in [0.2, 0.25) is 0 Å². The molecule has 1 aromatic carbocycles. The molecule has 0 fully saturated rings. The lowest BCUT2D eigenvalue weighted by Gasteiger charge is -2.21. The average Bonchev–Trinajstić information content (AvgIpc) is 2.65. The smallest absolute Gasteiger partial charge is 0.282 e. The zero-order chi connectivity index (χ0) is 13.2. The summed E-state index contributed by atoms with van der Waals surface area (Å²) in [6.07, 6.45) is 0.844. The lowest BCUT2D eigenvalue weighted by Crippen LogP contribution is -2.22. The van der Waals surface area contributed by atoms with Crippen LogP contribution in [0.15, 0.2) is 29.3 Å². The molecular weight excluding hydrogens is 228 g/mol. The van der Waals surface area contributed by atoms with Gasteiger partial charge in [0.05, 0.1) is 6.04 Å². The normalized spacial score (nSPS) is 19.3. The lowest BCUT2D eigenvalue weighted by molar-refractivity contribution is 0.131. The highest BCUT2D eigenvalue weighted by molar-refractivity contribution is 5.73. The summed E-state index contributed by atoms with van der Waals surface area (Å²) in [4.78, 5) is 4.21. The minimum absolute atomic E-state index is 0.138. The van der Waals surface area contributed by atoms with Gasteiger partial charge in [-0.3, -0.25) is 0 Å². The first kappa shape index (κ1) is 12.7. The van der Waals surface area contributed by atoms with Crippen LogP contribution >= 0.6 is 0 Å². The molecule has 18 heavy (non-hydrogen) atoms. The minimum Gasteiger partial charge on any atom is -0.488 e. The van der Waals surface area contributed by atoms with Crippen LogP contribution in [0.3, 0.4) is 0 Å². The maximum atomic E-state index is 5.77. The summed E-state index contributed by atoms with van der Waals surface area (Å²) in [5, 5.41) is 0. The van der Waals surface area contributed by atoms with Gasteiger partial charge in [-0.2, -0.15) is 0 Å². The van der Waals surface area contributed by atoms with E-state index in [4.69, 9.17) is 15.2 Å². The van der Waals surface area contributed by atoms with Crippen molar-refractivity contribution in [3.63, 3.8) is 0 Å². The molecule has 0 aromatic heterocycles. The number of aliphatic imine (C=N–C) groups is 1. The van der Waals surface area contributed by atoms with Gasteiger partial charge in [0.25, 0.3) is 6.02 Å². The molecule has 4 heteroatoms. The molecule has 1 heterocycles. The van der Waals surface area contributed by atoms with E-state index in [0.29, 0.717) is 12.6 Å². The number of hydrogen-bond acceptors (Lipinski definition) is 4. The van der Waals surface area contributed by atoms with Gasteiger partial charge < -0.3 is 15.2 Å². The SMILES string of the molecule is CC(C)(C)Oc1ccc(C[C@H]2COC(N)=N2)cc1. The molecule has 0 saturated heterocycles. The number of rotatable bonds is 3. The zero-order valence-corrected chi connectivity index (χ0v) is 11.1. The molecule has 98 valence electrons. The second kappa shape index (κ2) is 4.88. The van der Waals surface area contributed by atoms with Gasteiger partial charge in [-0.15, -0.1) is 0 Å². The molecule has 0 radical (unpaired) electrons. The predicted octanol–water partition coefficient (Wildman–Crippen LogP) is 2.12. The molecule has 1 aromatic rings. The molecule has 0 unspecified atom stereocenters. The van der Waals surface area contributed by atoms with Gasteiger partial charge in [-0.05, 0) is 44.9 Å². The van der Waals surface area contributed by atoms with Crippen molar-refractivity contribution in [2.45, 2.75) is 38.8 Å². The van der Waals surface area contributed by atoms with Crippen molar-refractivity contribution in [1.29, 1.82) is 0 Å². The third-order valence-electron chi connectivity index (χ3n) is 2.55. The minimum atomic E-state index is -0.167. The van der Waals surface area contributed by atoms with E-state index in [1.807, 2.05) is 32.9 Å². The fourth-order valence-corrected chi connectivity index (χ4v) is 1.86. The van der Waals surface area contributed by atoms with E-state index in [-0.39, 0.29) is 11.6 Å². The van der Waals surface area contributed by atoms with Crippen molar-refractivity contribution in [2.75, 3.05) is 6.61 Å². The fourth-order valence-electron chi connectivity index (χ4n) is 1.86. The first-order valence-electron chi connectivity index (χ1n) is 6.16. The summed E-state index contributed by atoms with van der Waals surface area (Å²) in [5.41, 5.74) is 6.52. The second-order valence-electron chi connectivity index (χ2n) is 5.49. The summed E-state index contributed by atoms with van der Waals surface area (Å²) in [7, 11) is 0. The molecule has 0 aliphatic carbocycles. The second-order valence-corrected chi connectivity index (χ2v) is 5.49. The first-order valence-corrected chi connectivity index (χ1v) is 6.16. The van der Waals surface area contributed by atoms with E-state index in [2.05, 4.69) is 17.1 Å². The molecule has 1 aliphatic heterocycles. The third-order valence-corrected chi connectivity index (χ3v) is 2.55. The van der Waals surface area contributed by atoms with Gasteiger partial charge in [-0.25, -0.2) is 4.99 Å². The molecule has 0 bridgehead atoms. The Labute approximate surface area is 108 Å². The van der Waals surface area contributed by atoms with Gasteiger partial charge in [-0.1, -0.05) is 12.1 Å². The fraction of sp³-hybridized carbons (Fsp3) is 0.500. The van der Waals surface area contributed by atoms with Gasteiger partial charge in [0.15, 0.2) is 0 Å². The maximum Gasteiger partial charge on any atom is 0.282 e. The van der Waals surface area contributed by atoms with E-state index in [1.165, 1.54) is 5.56 Å². The molecule has 0 saturated carbocycles. The summed E-state index contributed by atoms with van der Waals surface area (Å²) in [5.74, 6) is 0.886. The number of nitrogens with two attached hydrogens (primary N) is 1. The monoisotopic (exact) mass is 248 g/mol. The van der Waals surface area contributed by atoms with Crippen molar-refractivity contribution >= 4 is 6.02 Å². The van der Waals surface area contributed by atoms with Crippen LogP contribution in [0.1, 0.15) is 26.3 Å². The Balaban J connectivity index is 1.96. The Morgan fingerprint density at radius 3 is 2.50 bits per heavy atom. The molecule has 4 nitrogen and oxygen atoms in total. The highest BCUT2D eigenvalue weighted by Crippen LogP contribution is 2.19. The number of hydrogen-bond donors (Lipinski definition) is 1. The predicted molar refractivity (Wildman–Crippen MR) is 71.9 cm³/mol. The standard InChI is InChI=1S/C14H20N2O2/c1-14(2,3)18-12-6-4-10(5-7-12)8-11-9-17-13(15)16-11/h4-7,11H,8-9H2,1-3H3,(H2,15,16)/t11-/m0/s1. The molecule has 0 spiro atoms. The van der Waals surface area contributed by atoms with Gasteiger partial charge in [0.2, 0.25) is 0 Å². The van der Waals surface area contributed by atoms with Crippen molar-refractivity contribution in [1.82, 2.24) is 0 Å². The Bertz CT molecular complexity index is 432. The summed E-state index contributed by atoms with van der Waals surface area (Å²) in [6, 6.07) is 8.54. The average molecular weight is 248 g/mol. The number of nitrogens with zero attached hydrogens (tertiary/aromatic N) is 1. The highest BCUT2D eigenvalue weighted by atomic mass is 16.5. The topological polar surface area (TPSA) is 56.8 Å². The Kier molecular flexibility index (Phi) is 3.45. The van der Waals surface area contributed by atoms with Gasteiger partial charge in [0, 0.05) is 0 Å². The van der Waals surface area contributed by atoms with Crippen LogP contribution in [0, 0.1) is 0 Å². The summed E-state index contributed by atoms with van der Waals surface area (Å²) >= 11 is 0. The van der Waals surface area contributed by atoms with Crippen molar-refractivity contribution in [3.05, 3.63) is 29.8 Å². The van der Waals surface area contributed by atoms with Crippen LogP contribution in [0.4, 0.5) is 0 Å². The van der Waals surface area contributed by atoms with E-state index in [0.717, 1.165) is 12.2 Å². The Hall–Kier alpha value is -1.71. The summed E-state index contributed by atoms with van der Waals surface area (Å²) in [6.45, 7) is 6.68. The quantitative estimate of drug-likeness (QED) is 0.891. The largest absolute Gasteiger partial charge is 0.488 e. The summed E-state index contributed by atoms with van der Waals surface area (Å²) < 4.78 is 10.9. The van der Waals surface area contributed by atoms with Crippen LogP contribution < -0.4 is 10.5 Å². The van der Waals surface area contributed by atoms with Crippen LogP contribution in [0.25, 0.3) is 0 Å². The van der Waals surface area contributed by atoms with Crippen molar-refractivity contribution in [3.8, 4) is 5.75 Å². The van der Waals surface area contributed by atoms with Gasteiger partial charge >= 0.3 is 0 Å². The first-order chi connectivity index (χ1) is 8.42. The molecule has 2 rings (SSSR count). The number of benzene rings is 1. The van der Waals surface area contributed by atoms with Crippen molar-refractivity contribution < 1.29 is 9.47 Å². The number of amidine groups is 1. The zero-order valence-electron chi connectivity index (χ0n) is 11.1. The van der Waals surface area contributed by atoms with Gasteiger partial charge in [0.1, 0.15) is 18.0 Å². The Morgan fingerprint density at radius 2 is 2.00 bits per heavy atom. The van der Waals surface area contributed by atoms with E-state index < -0.39 is 0 Å². The lowest BCUT2D eigenvalue weighted by atomic mass is 10.1. The highest BCUT2D eigenvalue weighted by Gasteiger charge is 2.17. The van der Waals surface area contributed by atoms with E-state index in [1.54, 1.807) is 0 Å². The molecule has 0 amide bonds. The third kappa shape index (κ3) is 3.65. The van der Waals surface area contributed by atoms with Crippen LogP contribution in [0.5, 0.6) is 5.75 Å². The van der Waals surface area contributed by atoms with Crippen LogP contribution in [-0.4, -0.2) is 24.3 Å². The molecule has 2 N–H and O–H groups in total. The van der Waals surface area contributed by atoms with Crippen molar-refractivity contribution in [2.24, 2.45) is 10.7 Å². The van der Waals surface area contributed by atoms with Crippen LogP contribution in [-0.2, 0) is 11.2 Å². The Morgan fingerprint density at radius 1 is 1.33 bits per heavy atom. The van der Waals surface area contributed by atoms with E-state index in [9.17, 15) is 0 Å². The molecular formula is C14H20N2O2. The van der Waals surface area contributed by atoms with E-state index >= 15 is 0 Å². The number of ether oxygens (including phenoxy) is 2.